The van der Waals surface area contributed by atoms with E-state index < -0.39 is 15.3 Å². The third-order valence-electron chi connectivity index (χ3n) is 4.38. The largest absolute Gasteiger partial charge is 0.493 e. The Labute approximate surface area is 143 Å². The van der Waals surface area contributed by atoms with Gasteiger partial charge in [0.25, 0.3) is 0 Å². The van der Waals surface area contributed by atoms with Crippen molar-refractivity contribution in [3.63, 3.8) is 0 Å². The fourth-order valence-electron chi connectivity index (χ4n) is 2.91. The average molecular weight is 355 g/mol. The molecule has 1 atom stereocenters. The molecule has 0 saturated carbocycles. The van der Waals surface area contributed by atoms with Crippen LogP contribution >= 0.6 is 0 Å². The van der Waals surface area contributed by atoms with Crippen LogP contribution in [-0.4, -0.2) is 51.1 Å². The van der Waals surface area contributed by atoms with Gasteiger partial charge in [0.2, 0.25) is 10.0 Å². The highest BCUT2D eigenvalue weighted by molar-refractivity contribution is 7.89. The second-order valence-corrected chi connectivity index (χ2v) is 8.71. The standard InChI is InChI=1S/C17H25NO5S/c1-12(2)24(20,21)18-9-5-6-14(11-18)17(19)13-7-8-15(22-3)16(10-13)23-4/h7-8,10,12,14H,5-6,9,11H2,1-4H3/t14-/m1/s1. The van der Waals surface area contributed by atoms with Gasteiger partial charge in [-0.1, -0.05) is 0 Å². The van der Waals surface area contributed by atoms with Gasteiger partial charge in [0.05, 0.1) is 19.5 Å². The van der Waals surface area contributed by atoms with E-state index in [0.717, 1.165) is 0 Å². The molecule has 1 aromatic rings. The van der Waals surface area contributed by atoms with Gasteiger partial charge in [-0.15, -0.1) is 0 Å². The second-order valence-electron chi connectivity index (χ2n) is 6.22. The molecule has 1 heterocycles. The summed E-state index contributed by atoms with van der Waals surface area (Å²) in [7, 11) is -0.281. The third kappa shape index (κ3) is 3.72. The summed E-state index contributed by atoms with van der Waals surface area (Å²) in [6, 6.07) is 5.04. The summed E-state index contributed by atoms with van der Waals surface area (Å²) < 4.78 is 36.6. The van der Waals surface area contributed by atoms with E-state index >= 15 is 0 Å². The number of nitrogens with zero attached hydrogens (tertiary/aromatic N) is 1. The molecule has 0 bridgehead atoms. The lowest BCUT2D eigenvalue weighted by Crippen LogP contribution is -2.45. The third-order valence-corrected chi connectivity index (χ3v) is 6.62. The van der Waals surface area contributed by atoms with Crippen molar-refractivity contribution in [3.05, 3.63) is 23.8 Å². The first-order valence-electron chi connectivity index (χ1n) is 8.06. The van der Waals surface area contributed by atoms with E-state index in [2.05, 4.69) is 0 Å². The molecule has 24 heavy (non-hydrogen) atoms. The van der Waals surface area contributed by atoms with Crippen LogP contribution < -0.4 is 9.47 Å². The van der Waals surface area contributed by atoms with E-state index in [1.807, 2.05) is 0 Å². The summed E-state index contributed by atoms with van der Waals surface area (Å²) >= 11 is 0. The maximum absolute atomic E-state index is 12.8. The maximum atomic E-state index is 12.8. The number of Topliss-reactive ketones (excluding diaryl/α,β-unsaturated/α-hetero) is 1. The highest BCUT2D eigenvalue weighted by Gasteiger charge is 2.34. The molecule has 1 saturated heterocycles. The average Bonchev–Trinajstić information content (AvgIpc) is 2.60. The van der Waals surface area contributed by atoms with Gasteiger partial charge in [0, 0.05) is 24.6 Å². The Morgan fingerprint density at radius 1 is 1.21 bits per heavy atom. The molecule has 2 rings (SSSR count). The van der Waals surface area contributed by atoms with Crippen LogP contribution in [0.1, 0.15) is 37.0 Å². The van der Waals surface area contributed by atoms with Gasteiger partial charge in [-0.3, -0.25) is 4.79 Å². The fourth-order valence-corrected chi connectivity index (χ4v) is 4.28. The summed E-state index contributed by atoms with van der Waals surface area (Å²) in [4.78, 5) is 12.8. The number of ether oxygens (including phenoxy) is 2. The number of rotatable bonds is 6. The first-order chi connectivity index (χ1) is 11.3. The quantitative estimate of drug-likeness (QED) is 0.732. The summed E-state index contributed by atoms with van der Waals surface area (Å²) in [5, 5.41) is -0.479. The number of ketones is 1. The molecular formula is C17H25NO5S. The van der Waals surface area contributed by atoms with Crippen molar-refractivity contribution in [2.45, 2.75) is 31.9 Å². The fraction of sp³-hybridized carbons (Fsp3) is 0.588. The van der Waals surface area contributed by atoms with Gasteiger partial charge in [-0.2, -0.15) is 0 Å². The lowest BCUT2D eigenvalue weighted by Gasteiger charge is -2.32. The number of hydrogen-bond acceptors (Lipinski definition) is 5. The summed E-state index contributed by atoms with van der Waals surface area (Å²) in [5.41, 5.74) is 0.515. The molecule has 1 aliphatic heterocycles. The Balaban J connectivity index is 2.21. The number of carbonyl (C=O) groups excluding carboxylic acids is 1. The highest BCUT2D eigenvalue weighted by Crippen LogP contribution is 2.30. The molecule has 7 heteroatoms. The number of methoxy groups -OCH3 is 2. The Hall–Kier alpha value is -1.60. The monoisotopic (exact) mass is 355 g/mol. The molecule has 0 aliphatic carbocycles. The van der Waals surface area contributed by atoms with Gasteiger partial charge in [0.1, 0.15) is 0 Å². The van der Waals surface area contributed by atoms with E-state index in [-0.39, 0.29) is 18.2 Å². The Kier molecular flexibility index (Phi) is 5.87. The zero-order valence-electron chi connectivity index (χ0n) is 14.6. The van der Waals surface area contributed by atoms with Crippen LogP contribution in [0, 0.1) is 5.92 Å². The number of hydrogen-bond donors (Lipinski definition) is 0. The number of sulfonamides is 1. The van der Waals surface area contributed by atoms with Crippen LogP contribution in [0.25, 0.3) is 0 Å². The Morgan fingerprint density at radius 3 is 2.46 bits per heavy atom. The molecular weight excluding hydrogens is 330 g/mol. The number of benzene rings is 1. The first-order valence-corrected chi connectivity index (χ1v) is 9.56. The molecule has 0 unspecified atom stereocenters. The van der Waals surface area contributed by atoms with Crippen molar-refractivity contribution in [2.24, 2.45) is 5.92 Å². The molecule has 134 valence electrons. The van der Waals surface area contributed by atoms with Crippen molar-refractivity contribution < 1.29 is 22.7 Å². The van der Waals surface area contributed by atoms with Crippen molar-refractivity contribution in [1.29, 1.82) is 0 Å². The molecule has 0 amide bonds. The summed E-state index contributed by atoms with van der Waals surface area (Å²) in [5.74, 6) is 0.664. The normalized spacial score (nSPS) is 19.3. The zero-order chi connectivity index (χ0) is 17.9. The summed E-state index contributed by atoms with van der Waals surface area (Å²) in [6.45, 7) is 4.05. The molecule has 0 spiro atoms. The van der Waals surface area contributed by atoms with Gasteiger partial charge in [-0.25, -0.2) is 12.7 Å². The van der Waals surface area contributed by atoms with Crippen molar-refractivity contribution in [3.8, 4) is 11.5 Å². The van der Waals surface area contributed by atoms with Crippen LogP contribution in [0.3, 0.4) is 0 Å². The number of piperidine rings is 1. The molecule has 1 aromatic carbocycles. The Morgan fingerprint density at radius 2 is 1.88 bits per heavy atom. The molecule has 1 aliphatic rings. The van der Waals surface area contributed by atoms with Crippen LogP contribution in [-0.2, 0) is 10.0 Å². The van der Waals surface area contributed by atoms with Crippen molar-refractivity contribution in [1.82, 2.24) is 4.31 Å². The minimum atomic E-state index is -3.34. The lowest BCUT2D eigenvalue weighted by molar-refractivity contribution is 0.0871. The maximum Gasteiger partial charge on any atom is 0.216 e. The second kappa shape index (κ2) is 7.53. The molecule has 6 nitrogen and oxygen atoms in total. The minimum absolute atomic E-state index is 0.0559. The summed E-state index contributed by atoms with van der Waals surface area (Å²) in [6.07, 6.45) is 1.38. The van der Waals surface area contributed by atoms with Crippen molar-refractivity contribution in [2.75, 3.05) is 27.3 Å². The van der Waals surface area contributed by atoms with E-state index in [1.165, 1.54) is 18.5 Å². The zero-order valence-corrected chi connectivity index (χ0v) is 15.4. The molecule has 0 aromatic heterocycles. The van der Waals surface area contributed by atoms with Crippen LogP contribution in [0.5, 0.6) is 11.5 Å². The Bertz CT molecular complexity index is 699. The van der Waals surface area contributed by atoms with Crippen LogP contribution in [0.2, 0.25) is 0 Å². The van der Waals surface area contributed by atoms with Gasteiger partial charge < -0.3 is 9.47 Å². The molecule has 1 fully saturated rings. The predicted octanol–water partition coefficient (Wildman–Crippen LogP) is 2.34. The van der Waals surface area contributed by atoms with Crippen molar-refractivity contribution >= 4 is 15.8 Å². The lowest BCUT2D eigenvalue weighted by atomic mass is 9.91. The van der Waals surface area contributed by atoms with E-state index in [0.29, 0.717) is 36.4 Å². The van der Waals surface area contributed by atoms with Crippen LogP contribution in [0.4, 0.5) is 0 Å². The topological polar surface area (TPSA) is 72.9 Å². The van der Waals surface area contributed by atoms with E-state index in [1.54, 1.807) is 32.0 Å². The number of carbonyl (C=O) groups is 1. The highest BCUT2D eigenvalue weighted by atomic mass is 32.2. The molecule has 0 N–H and O–H groups in total. The predicted molar refractivity (Wildman–Crippen MR) is 92.2 cm³/mol. The van der Waals surface area contributed by atoms with E-state index in [4.69, 9.17) is 9.47 Å². The first kappa shape index (κ1) is 18.7. The van der Waals surface area contributed by atoms with Gasteiger partial charge in [0.15, 0.2) is 17.3 Å². The van der Waals surface area contributed by atoms with Gasteiger partial charge >= 0.3 is 0 Å². The minimum Gasteiger partial charge on any atom is -0.493 e. The molecule has 0 radical (unpaired) electrons. The smallest absolute Gasteiger partial charge is 0.216 e. The van der Waals surface area contributed by atoms with Gasteiger partial charge in [-0.05, 0) is 44.9 Å². The van der Waals surface area contributed by atoms with Crippen LogP contribution in [0.15, 0.2) is 18.2 Å². The van der Waals surface area contributed by atoms with E-state index in [9.17, 15) is 13.2 Å². The SMILES string of the molecule is COc1ccc(C(=O)[C@@H]2CCCN(S(=O)(=O)C(C)C)C2)cc1OC.